The lowest BCUT2D eigenvalue weighted by molar-refractivity contribution is 0.0600. The van der Waals surface area contributed by atoms with Crippen molar-refractivity contribution in [2.45, 2.75) is 19.1 Å². The van der Waals surface area contributed by atoms with E-state index in [-0.39, 0.29) is 24.8 Å². The smallest absolute Gasteiger partial charge is 0.337 e. The van der Waals surface area contributed by atoms with Crippen LogP contribution in [0.1, 0.15) is 29.3 Å². The van der Waals surface area contributed by atoms with Gasteiger partial charge < -0.3 is 9.84 Å². The van der Waals surface area contributed by atoms with Crippen molar-refractivity contribution in [2.24, 2.45) is 5.92 Å². The number of benzene rings is 1. The van der Waals surface area contributed by atoms with E-state index in [1.54, 1.807) is 18.2 Å². The number of aliphatic hydroxyl groups excluding tert-OH is 1. The average molecular weight is 315 g/mol. The van der Waals surface area contributed by atoms with Crippen LogP contribution in [-0.4, -0.2) is 39.8 Å². The molecule has 1 unspecified atom stereocenters. The lowest BCUT2D eigenvalue weighted by atomic mass is 10.1. The third-order valence-electron chi connectivity index (χ3n) is 2.98. The van der Waals surface area contributed by atoms with Crippen LogP contribution in [0.3, 0.4) is 0 Å². The summed E-state index contributed by atoms with van der Waals surface area (Å²) in [6.07, 6.45) is 0.542. The second-order valence-electron chi connectivity index (χ2n) is 4.92. The molecule has 0 spiro atoms. The predicted molar refractivity (Wildman–Crippen MR) is 79.3 cm³/mol. The highest BCUT2D eigenvalue weighted by molar-refractivity contribution is 7.88. The van der Waals surface area contributed by atoms with Gasteiger partial charge in [-0.15, -0.1) is 0 Å². The highest BCUT2D eigenvalue weighted by Gasteiger charge is 2.14. The third kappa shape index (κ3) is 6.24. The molecule has 0 saturated heterocycles. The van der Waals surface area contributed by atoms with Crippen molar-refractivity contribution < 1.29 is 23.1 Å². The molecule has 0 aliphatic heterocycles. The minimum absolute atomic E-state index is 0.0318. The number of nitrogens with one attached hydrogen (secondary N) is 1. The fourth-order valence-electron chi connectivity index (χ4n) is 1.77. The van der Waals surface area contributed by atoms with Crippen LogP contribution < -0.4 is 4.72 Å². The quantitative estimate of drug-likeness (QED) is 0.696. The fourth-order valence-corrected chi connectivity index (χ4v) is 3.03. The third-order valence-corrected chi connectivity index (χ3v) is 4.30. The van der Waals surface area contributed by atoms with Crippen LogP contribution in [-0.2, 0) is 20.5 Å². The largest absolute Gasteiger partial charge is 0.465 e. The summed E-state index contributed by atoms with van der Waals surface area (Å²) in [5.74, 6) is -0.645. The molecule has 21 heavy (non-hydrogen) atoms. The van der Waals surface area contributed by atoms with Crippen LogP contribution >= 0.6 is 0 Å². The van der Waals surface area contributed by atoms with Crippen LogP contribution in [0.25, 0.3) is 0 Å². The Morgan fingerprint density at radius 3 is 2.76 bits per heavy atom. The van der Waals surface area contributed by atoms with E-state index in [1.165, 1.54) is 13.2 Å². The van der Waals surface area contributed by atoms with Crippen molar-refractivity contribution in [3.8, 4) is 0 Å². The standard InChI is InChI=1S/C14H21NO5S/c1-11(6-7-16)9-15-21(18,19)10-12-4-3-5-13(8-12)14(17)20-2/h3-5,8,11,15-16H,6-7,9-10H2,1-2H3. The van der Waals surface area contributed by atoms with Gasteiger partial charge in [0.05, 0.1) is 18.4 Å². The first-order valence-electron chi connectivity index (χ1n) is 6.63. The van der Waals surface area contributed by atoms with Crippen molar-refractivity contribution >= 4 is 16.0 Å². The maximum absolute atomic E-state index is 12.0. The number of ether oxygens (including phenoxy) is 1. The van der Waals surface area contributed by atoms with Gasteiger partial charge in [-0.2, -0.15) is 0 Å². The highest BCUT2D eigenvalue weighted by Crippen LogP contribution is 2.10. The number of sulfonamides is 1. The lowest BCUT2D eigenvalue weighted by Gasteiger charge is -2.12. The highest BCUT2D eigenvalue weighted by atomic mass is 32.2. The van der Waals surface area contributed by atoms with Crippen LogP contribution in [0.4, 0.5) is 0 Å². The van der Waals surface area contributed by atoms with E-state index in [1.807, 2.05) is 6.92 Å². The topological polar surface area (TPSA) is 92.7 Å². The van der Waals surface area contributed by atoms with Crippen molar-refractivity contribution in [3.63, 3.8) is 0 Å². The molecule has 1 atom stereocenters. The molecular weight excluding hydrogens is 294 g/mol. The minimum atomic E-state index is -3.48. The van der Waals surface area contributed by atoms with Crippen molar-refractivity contribution in [1.29, 1.82) is 0 Å². The molecule has 0 fully saturated rings. The SMILES string of the molecule is COC(=O)c1cccc(CS(=O)(=O)NCC(C)CCO)c1. The van der Waals surface area contributed by atoms with Crippen molar-refractivity contribution in [1.82, 2.24) is 4.72 Å². The van der Waals surface area contributed by atoms with Gasteiger partial charge in [0.15, 0.2) is 0 Å². The fraction of sp³-hybridized carbons (Fsp3) is 0.500. The molecule has 0 radical (unpaired) electrons. The Morgan fingerprint density at radius 2 is 2.14 bits per heavy atom. The zero-order valence-corrected chi connectivity index (χ0v) is 13.0. The second-order valence-corrected chi connectivity index (χ2v) is 6.72. The van der Waals surface area contributed by atoms with Crippen LogP contribution in [0.5, 0.6) is 0 Å². The van der Waals surface area contributed by atoms with Gasteiger partial charge >= 0.3 is 5.97 Å². The van der Waals surface area contributed by atoms with Crippen LogP contribution in [0, 0.1) is 5.92 Å². The summed E-state index contributed by atoms with van der Waals surface area (Å²) in [6.45, 7) is 2.17. The summed E-state index contributed by atoms with van der Waals surface area (Å²) in [6, 6.07) is 6.33. The molecule has 2 N–H and O–H groups in total. The Hall–Kier alpha value is -1.44. The molecule has 6 nitrogen and oxygen atoms in total. The van der Waals surface area contributed by atoms with Gasteiger partial charge in [-0.3, -0.25) is 0 Å². The number of carbonyl (C=O) groups excluding carboxylic acids is 1. The predicted octanol–water partition coefficient (Wildman–Crippen LogP) is 0.911. The van der Waals surface area contributed by atoms with Crippen molar-refractivity contribution in [3.05, 3.63) is 35.4 Å². The van der Waals surface area contributed by atoms with Gasteiger partial charge in [-0.25, -0.2) is 17.9 Å². The van der Waals surface area contributed by atoms with Gasteiger partial charge in [-0.1, -0.05) is 19.1 Å². The first-order chi connectivity index (χ1) is 9.88. The second kappa shape index (κ2) is 8.11. The molecule has 7 heteroatoms. The molecule has 0 aromatic heterocycles. The summed E-state index contributed by atoms with van der Waals surface area (Å²) in [7, 11) is -2.21. The van der Waals surface area contributed by atoms with Gasteiger partial charge in [0, 0.05) is 13.2 Å². The molecule has 0 saturated carbocycles. The maximum atomic E-state index is 12.0. The summed E-state index contributed by atoms with van der Waals surface area (Å²) in [5, 5.41) is 8.79. The minimum Gasteiger partial charge on any atom is -0.465 e. The zero-order valence-electron chi connectivity index (χ0n) is 12.2. The molecular formula is C14H21NO5S. The van der Waals surface area contributed by atoms with Gasteiger partial charge in [0.1, 0.15) is 0 Å². The number of rotatable bonds is 8. The van der Waals surface area contributed by atoms with Crippen molar-refractivity contribution in [2.75, 3.05) is 20.3 Å². The van der Waals surface area contributed by atoms with Gasteiger partial charge in [0.2, 0.25) is 10.0 Å². The average Bonchev–Trinajstić information content (AvgIpc) is 2.44. The monoisotopic (exact) mass is 315 g/mol. The molecule has 0 aliphatic rings. The van der Waals surface area contributed by atoms with E-state index in [2.05, 4.69) is 9.46 Å². The Morgan fingerprint density at radius 1 is 1.43 bits per heavy atom. The summed E-state index contributed by atoms with van der Waals surface area (Å²) in [5.41, 5.74) is 0.832. The van der Waals surface area contributed by atoms with E-state index in [9.17, 15) is 13.2 Å². The molecule has 1 aromatic rings. The molecule has 1 rings (SSSR count). The normalized spacial score (nSPS) is 12.9. The Labute approximate surface area is 125 Å². The summed E-state index contributed by atoms with van der Waals surface area (Å²) >= 11 is 0. The number of hydrogen-bond acceptors (Lipinski definition) is 5. The van der Waals surface area contributed by atoms with E-state index >= 15 is 0 Å². The number of carbonyl (C=O) groups is 1. The van der Waals surface area contributed by atoms with E-state index in [4.69, 9.17) is 5.11 Å². The Kier molecular flexibility index (Phi) is 6.80. The molecule has 0 aliphatic carbocycles. The molecule has 0 heterocycles. The number of hydrogen-bond donors (Lipinski definition) is 2. The van der Waals surface area contributed by atoms with Crippen LogP contribution in [0.15, 0.2) is 24.3 Å². The number of methoxy groups -OCH3 is 1. The zero-order chi connectivity index (χ0) is 15.9. The Balaban J connectivity index is 2.69. The van der Waals surface area contributed by atoms with Gasteiger partial charge in [-0.05, 0) is 30.0 Å². The summed E-state index contributed by atoms with van der Waals surface area (Å²) < 4.78 is 31.0. The number of esters is 1. The number of aliphatic hydroxyl groups is 1. The maximum Gasteiger partial charge on any atom is 0.337 e. The lowest BCUT2D eigenvalue weighted by Crippen LogP contribution is -2.29. The van der Waals surface area contributed by atoms with E-state index in [0.29, 0.717) is 17.5 Å². The molecule has 1 aromatic carbocycles. The van der Waals surface area contributed by atoms with Gasteiger partial charge in [0.25, 0.3) is 0 Å². The van der Waals surface area contributed by atoms with Crippen LogP contribution in [0.2, 0.25) is 0 Å². The van der Waals surface area contributed by atoms with E-state index in [0.717, 1.165) is 0 Å². The molecule has 118 valence electrons. The molecule has 0 amide bonds. The van der Waals surface area contributed by atoms with E-state index < -0.39 is 16.0 Å². The first-order valence-corrected chi connectivity index (χ1v) is 8.28. The first kappa shape index (κ1) is 17.6. The molecule has 0 bridgehead atoms. The Bertz CT molecular complexity index is 570. The summed E-state index contributed by atoms with van der Waals surface area (Å²) in [4.78, 5) is 11.4.